The molecule has 0 aliphatic rings. The molecule has 0 aliphatic carbocycles. The Morgan fingerprint density at radius 1 is 1.21 bits per heavy atom. The molecular weight excluding hydrogens is 331 g/mol. The Labute approximate surface area is 134 Å². The van der Waals surface area contributed by atoms with Gasteiger partial charge < -0.3 is 10.2 Å². The van der Waals surface area contributed by atoms with Crippen LogP contribution in [0.25, 0.3) is 10.4 Å². The van der Waals surface area contributed by atoms with Crippen molar-refractivity contribution in [1.29, 1.82) is 0 Å². The van der Waals surface area contributed by atoms with E-state index in [0.717, 1.165) is 12.1 Å². The van der Waals surface area contributed by atoms with Crippen LogP contribution in [0.3, 0.4) is 0 Å². The van der Waals surface area contributed by atoms with Gasteiger partial charge in [0.1, 0.15) is 6.10 Å². The largest absolute Gasteiger partial charge is 0.450 e. The molecule has 0 heterocycles. The minimum Gasteiger partial charge on any atom is -0.390 e. The van der Waals surface area contributed by atoms with E-state index in [9.17, 15) is 33.0 Å². The van der Waals surface area contributed by atoms with E-state index in [1.165, 1.54) is 12.1 Å². The number of halogens is 3. The number of ketones is 2. The Balaban J connectivity index is 2.72. The van der Waals surface area contributed by atoms with Gasteiger partial charge in [-0.1, -0.05) is 29.4 Å². The van der Waals surface area contributed by atoms with Gasteiger partial charge in [-0.3, -0.25) is 9.59 Å². The van der Waals surface area contributed by atoms with E-state index in [4.69, 9.17) is 5.53 Å². The number of carbonyl (C=O) groups is 2. The van der Waals surface area contributed by atoms with Gasteiger partial charge in [0.25, 0.3) is 0 Å². The van der Waals surface area contributed by atoms with Gasteiger partial charge >= 0.3 is 6.18 Å². The minimum absolute atomic E-state index is 0.00595. The normalized spacial score (nSPS) is 13.7. The van der Waals surface area contributed by atoms with Gasteiger partial charge in [-0.2, -0.15) is 13.2 Å². The first-order valence-corrected chi connectivity index (χ1v) is 6.77. The fraction of sp³-hybridized carbons (Fsp3) is 0.429. The number of aliphatic hydroxyl groups is 2. The third-order valence-electron chi connectivity index (χ3n) is 3.16. The van der Waals surface area contributed by atoms with Crippen LogP contribution in [0, 0.1) is 0 Å². The molecule has 2 unspecified atom stereocenters. The zero-order valence-corrected chi connectivity index (χ0v) is 12.3. The van der Waals surface area contributed by atoms with Crippen molar-refractivity contribution in [3.63, 3.8) is 0 Å². The average molecular weight is 345 g/mol. The summed E-state index contributed by atoms with van der Waals surface area (Å²) in [6.45, 7) is -0.0230. The molecule has 0 fully saturated rings. The van der Waals surface area contributed by atoms with E-state index in [1.807, 2.05) is 0 Å². The second-order valence-corrected chi connectivity index (χ2v) is 4.90. The van der Waals surface area contributed by atoms with Gasteiger partial charge in [-0.15, -0.1) is 0 Å². The van der Waals surface area contributed by atoms with Crippen LogP contribution in [0.2, 0.25) is 0 Å². The molecule has 0 aromatic heterocycles. The lowest BCUT2D eigenvalue weighted by molar-refractivity contribution is -0.170. The molecule has 0 amide bonds. The molecular formula is C14H14F3N3O4. The first kappa shape index (κ1) is 19.6. The summed E-state index contributed by atoms with van der Waals surface area (Å²) < 4.78 is 36.4. The Morgan fingerprint density at radius 2 is 1.79 bits per heavy atom. The van der Waals surface area contributed by atoms with E-state index >= 15 is 0 Å². The van der Waals surface area contributed by atoms with Crippen LogP contribution in [0.15, 0.2) is 29.4 Å². The fourth-order valence-corrected chi connectivity index (χ4v) is 1.83. The van der Waals surface area contributed by atoms with Gasteiger partial charge in [0, 0.05) is 17.0 Å². The van der Waals surface area contributed by atoms with Crippen molar-refractivity contribution in [2.75, 3.05) is 6.54 Å². The van der Waals surface area contributed by atoms with Gasteiger partial charge in [0.05, 0.1) is 12.5 Å². The van der Waals surface area contributed by atoms with E-state index < -0.39 is 36.4 Å². The van der Waals surface area contributed by atoms with E-state index in [1.54, 1.807) is 0 Å². The van der Waals surface area contributed by atoms with Crippen molar-refractivity contribution < 1.29 is 33.0 Å². The third-order valence-corrected chi connectivity index (χ3v) is 3.16. The van der Waals surface area contributed by atoms with Crippen molar-refractivity contribution in [1.82, 2.24) is 0 Å². The van der Waals surface area contributed by atoms with Gasteiger partial charge in [0.2, 0.25) is 5.78 Å². The van der Waals surface area contributed by atoms with Crippen molar-refractivity contribution in [2.24, 2.45) is 5.11 Å². The van der Waals surface area contributed by atoms with Crippen molar-refractivity contribution in [2.45, 2.75) is 31.2 Å². The maximum absolute atomic E-state index is 12.1. The summed E-state index contributed by atoms with van der Waals surface area (Å²) in [5.41, 5.74) is 8.22. The molecule has 0 saturated carbocycles. The van der Waals surface area contributed by atoms with E-state index in [-0.39, 0.29) is 24.1 Å². The lowest BCUT2D eigenvalue weighted by atomic mass is 9.98. The molecule has 0 aliphatic heterocycles. The van der Waals surface area contributed by atoms with Crippen LogP contribution in [0.1, 0.15) is 34.9 Å². The van der Waals surface area contributed by atoms with Gasteiger partial charge in [0.15, 0.2) is 5.78 Å². The molecule has 130 valence electrons. The highest BCUT2D eigenvalue weighted by molar-refractivity contribution is 6.09. The quantitative estimate of drug-likeness (QED) is 0.247. The summed E-state index contributed by atoms with van der Waals surface area (Å²) in [5.74, 6) is -3.13. The summed E-state index contributed by atoms with van der Waals surface area (Å²) in [5, 5.41) is 22.8. The smallest absolute Gasteiger partial charge is 0.390 e. The molecule has 24 heavy (non-hydrogen) atoms. The number of carbonyl (C=O) groups excluding carboxylic acids is 2. The molecule has 0 saturated heterocycles. The van der Waals surface area contributed by atoms with Crippen molar-refractivity contribution >= 4 is 11.6 Å². The predicted octanol–water partition coefficient (Wildman–Crippen LogP) is 2.49. The second-order valence-electron chi connectivity index (χ2n) is 4.90. The number of rotatable bonds is 8. The number of hydrogen-bond acceptors (Lipinski definition) is 5. The first-order chi connectivity index (χ1) is 11.2. The molecule has 1 aromatic rings. The average Bonchev–Trinajstić information content (AvgIpc) is 2.53. The number of nitrogens with zero attached hydrogens (tertiary/aromatic N) is 3. The summed E-state index contributed by atoms with van der Waals surface area (Å²) in [7, 11) is 0. The van der Waals surface area contributed by atoms with Gasteiger partial charge in [-0.05, 0) is 17.5 Å². The zero-order valence-electron chi connectivity index (χ0n) is 12.3. The molecule has 2 atom stereocenters. The zero-order chi connectivity index (χ0) is 18.3. The Hall–Kier alpha value is -2.42. The molecule has 1 rings (SSSR count). The molecule has 0 bridgehead atoms. The number of azide groups is 1. The number of Topliss-reactive ketones (excluding diaryl/α,β-unsaturated/α-hetero) is 2. The summed E-state index contributed by atoms with van der Waals surface area (Å²) in [4.78, 5) is 24.9. The van der Waals surface area contributed by atoms with Crippen molar-refractivity contribution in [3.05, 3.63) is 45.8 Å². The van der Waals surface area contributed by atoms with Crippen LogP contribution < -0.4 is 0 Å². The van der Waals surface area contributed by atoms with E-state index in [2.05, 4.69) is 10.0 Å². The molecule has 0 radical (unpaired) electrons. The molecule has 0 spiro atoms. The Bertz CT molecular complexity index is 640. The standard InChI is InChI=1S/C14H14F3N3O4/c15-14(16,17)12(23)7-11(22)8-1-3-9(4-2-8)13(24)10(21)5-6-19-20-18/h1-4,10,13,21,24H,5-7H2. The lowest BCUT2D eigenvalue weighted by Gasteiger charge is -2.17. The van der Waals surface area contributed by atoms with Crippen LogP contribution in [-0.4, -0.2) is 40.6 Å². The highest BCUT2D eigenvalue weighted by Crippen LogP contribution is 2.22. The Morgan fingerprint density at radius 3 is 2.29 bits per heavy atom. The summed E-state index contributed by atoms with van der Waals surface area (Å²) in [6.07, 6.45) is -8.89. The fourth-order valence-electron chi connectivity index (χ4n) is 1.83. The van der Waals surface area contributed by atoms with Crippen LogP contribution >= 0.6 is 0 Å². The minimum atomic E-state index is -5.07. The molecule has 7 nitrogen and oxygen atoms in total. The predicted molar refractivity (Wildman–Crippen MR) is 76.0 cm³/mol. The highest BCUT2D eigenvalue weighted by Gasteiger charge is 2.39. The maximum Gasteiger partial charge on any atom is 0.450 e. The van der Waals surface area contributed by atoms with Crippen LogP contribution in [-0.2, 0) is 4.79 Å². The molecule has 1 aromatic carbocycles. The summed E-state index contributed by atoms with van der Waals surface area (Å²) in [6, 6.07) is 4.83. The number of hydrogen-bond donors (Lipinski definition) is 2. The van der Waals surface area contributed by atoms with Gasteiger partial charge in [-0.25, -0.2) is 0 Å². The maximum atomic E-state index is 12.1. The van der Waals surface area contributed by atoms with Crippen LogP contribution in [0.5, 0.6) is 0 Å². The second kappa shape index (κ2) is 8.44. The highest BCUT2D eigenvalue weighted by atomic mass is 19.4. The van der Waals surface area contributed by atoms with E-state index in [0.29, 0.717) is 0 Å². The lowest BCUT2D eigenvalue weighted by Crippen LogP contribution is -2.25. The summed E-state index contributed by atoms with van der Waals surface area (Å²) >= 11 is 0. The van der Waals surface area contributed by atoms with Crippen LogP contribution in [0.4, 0.5) is 13.2 Å². The molecule has 2 N–H and O–H groups in total. The third kappa shape index (κ3) is 5.65. The monoisotopic (exact) mass is 345 g/mol. The Kier molecular flexibility index (Phi) is 6.90. The SMILES string of the molecule is [N-]=[N+]=NCCC(O)C(O)c1ccc(C(=O)CC(=O)C(F)(F)F)cc1. The topological polar surface area (TPSA) is 123 Å². The number of aliphatic hydroxyl groups excluding tert-OH is 2. The molecule has 10 heteroatoms. The van der Waals surface area contributed by atoms with Crippen molar-refractivity contribution in [3.8, 4) is 0 Å². The number of benzene rings is 1. The first-order valence-electron chi connectivity index (χ1n) is 6.77. The number of alkyl halides is 3.